The Bertz CT molecular complexity index is 441. The molecule has 1 N–H and O–H groups in total. The highest BCUT2D eigenvalue weighted by atomic mass is 35.5. The second-order valence-corrected chi connectivity index (χ2v) is 6.03. The monoisotopic (exact) mass is 297 g/mol. The van der Waals surface area contributed by atoms with Gasteiger partial charge in [-0.3, -0.25) is 0 Å². The van der Waals surface area contributed by atoms with Crippen LogP contribution in [0.5, 0.6) is 5.75 Å². The lowest BCUT2D eigenvalue weighted by molar-refractivity contribution is -0.0830. The average Bonchev–Trinajstić information content (AvgIpc) is 2.41. The lowest BCUT2D eigenvalue weighted by atomic mass is 9.75. The first-order valence-electron chi connectivity index (χ1n) is 7.17. The van der Waals surface area contributed by atoms with Crippen molar-refractivity contribution in [1.29, 1.82) is 0 Å². The third-order valence-electron chi connectivity index (χ3n) is 4.43. The molecule has 112 valence electrons. The van der Waals surface area contributed by atoms with E-state index < -0.39 is 0 Å². The van der Waals surface area contributed by atoms with E-state index in [4.69, 9.17) is 21.1 Å². The first-order chi connectivity index (χ1) is 9.62. The van der Waals surface area contributed by atoms with E-state index in [0.717, 1.165) is 42.0 Å². The molecule has 1 aliphatic carbocycles. The summed E-state index contributed by atoms with van der Waals surface area (Å²) in [5.41, 5.74) is 1.21. The highest BCUT2D eigenvalue weighted by Gasteiger charge is 2.38. The number of rotatable bonds is 7. The molecule has 1 aromatic rings. The van der Waals surface area contributed by atoms with E-state index in [9.17, 15) is 0 Å². The molecule has 0 aromatic heterocycles. The van der Waals surface area contributed by atoms with Crippen LogP contribution in [0.1, 0.15) is 31.2 Å². The molecule has 0 radical (unpaired) electrons. The van der Waals surface area contributed by atoms with Gasteiger partial charge in [0.05, 0.1) is 12.7 Å². The molecular weight excluding hydrogens is 274 g/mol. The predicted molar refractivity (Wildman–Crippen MR) is 82.8 cm³/mol. The zero-order valence-corrected chi connectivity index (χ0v) is 13.3. The summed E-state index contributed by atoms with van der Waals surface area (Å²) in [6.07, 6.45) is 5.51. The van der Waals surface area contributed by atoms with Crippen molar-refractivity contribution in [2.45, 2.75) is 43.7 Å². The number of halogens is 1. The van der Waals surface area contributed by atoms with Gasteiger partial charge in [0.25, 0.3) is 0 Å². The molecule has 1 unspecified atom stereocenters. The molecule has 0 bridgehead atoms. The van der Waals surface area contributed by atoms with Crippen LogP contribution >= 0.6 is 11.6 Å². The zero-order valence-electron chi connectivity index (χ0n) is 12.5. The quantitative estimate of drug-likeness (QED) is 0.836. The van der Waals surface area contributed by atoms with Gasteiger partial charge < -0.3 is 14.8 Å². The number of methoxy groups -OCH3 is 2. The molecule has 0 heterocycles. The van der Waals surface area contributed by atoms with Crippen molar-refractivity contribution in [1.82, 2.24) is 5.32 Å². The topological polar surface area (TPSA) is 30.5 Å². The van der Waals surface area contributed by atoms with Crippen molar-refractivity contribution in [2.24, 2.45) is 0 Å². The first-order valence-corrected chi connectivity index (χ1v) is 7.55. The minimum absolute atomic E-state index is 0.0689. The molecular formula is C16H24ClNO2. The van der Waals surface area contributed by atoms with Crippen LogP contribution in [0, 0.1) is 0 Å². The Morgan fingerprint density at radius 2 is 2.10 bits per heavy atom. The van der Waals surface area contributed by atoms with Crippen LogP contribution in [0.3, 0.4) is 0 Å². The van der Waals surface area contributed by atoms with Crippen molar-refractivity contribution in [2.75, 3.05) is 21.3 Å². The summed E-state index contributed by atoms with van der Waals surface area (Å²) in [5, 5.41) is 4.15. The first kappa shape index (κ1) is 15.6. The smallest absolute Gasteiger partial charge is 0.122 e. The summed E-state index contributed by atoms with van der Waals surface area (Å²) < 4.78 is 11.2. The summed E-state index contributed by atoms with van der Waals surface area (Å²) in [5.74, 6) is 0.898. The molecule has 3 nitrogen and oxygen atoms in total. The van der Waals surface area contributed by atoms with Crippen LogP contribution in [0.4, 0.5) is 0 Å². The summed E-state index contributed by atoms with van der Waals surface area (Å²) in [6, 6.07) is 6.15. The maximum Gasteiger partial charge on any atom is 0.122 e. The maximum atomic E-state index is 6.10. The van der Waals surface area contributed by atoms with Crippen molar-refractivity contribution in [3.05, 3.63) is 28.8 Å². The number of benzene rings is 1. The fourth-order valence-electron chi connectivity index (χ4n) is 2.96. The van der Waals surface area contributed by atoms with Crippen molar-refractivity contribution >= 4 is 11.6 Å². The Morgan fingerprint density at radius 3 is 2.60 bits per heavy atom. The number of hydrogen-bond acceptors (Lipinski definition) is 3. The third kappa shape index (κ3) is 3.46. The van der Waals surface area contributed by atoms with Gasteiger partial charge in [0, 0.05) is 18.2 Å². The van der Waals surface area contributed by atoms with Gasteiger partial charge in [-0.2, -0.15) is 0 Å². The molecule has 1 aliphatic rings. The van der Waals surface area contributed by atoms with E-state index in [1.54, 1.807) is 7.11 Å². The van der Waals surface area contributed by atoms with Crippen molar-refractivity contribution < 1.29 is 9.47 Å². The van der Waals surface area contributed by atoms with E-state index in [1.165, 1.54) is 6.42 Å². The highest BCUT2D eigenvalue weighted by molar-refractivity contribution is 6.30. The maximum absolute atomic E-state index is 6.10. The van der Waals surface area contributed by atoms with Gasteiger partial charge >= 0.3 is 0 Å². The lowest BCUT2D eigenvalue weighted by Crippen LogP contribution is -2.45. The Kier molecular flexibility index (Phi) is 5.30. The zero-order chi connectivity index (χ0) is 14.6. The Balaban J connectivity index is 2.08. The van der Waals surface area contributed by atoms with E-state index in [-0.39, 0.29) is 5.60 Å². The fourth-order valence-corrected chi connectivity index (χ4v) is 3.15. The number of hydrogen-bond donors (Lipinski definition) is 1. The Labute approximate surface area is 126 Å². The van der Waals surface area contributed by atoms with Gasteiger partial charge in [0.1, 0.15) is 5.75 Å². The Morgan fingerprint density at radius 1 is 1.35 bits per heavy atom. The van der Waals surface area contributed by atoms with Crippen molar-refractivity contribution in [3.8, 4) is 5.75 Å². The number of likely N-dealkylation sites (N-methyl/N-ethyl adjacent to an activating group) is 1. The summed E-state index contributed by atoms with van der Waals surface area (Å²) in [4.78, 5) is 0. The van der Waals surface area contributed by atoms with Crippen LogP contribution in [0.2, 0.25) is 5.02 Å². The van der Waals surface area contributed by atoms with Gasteiger partial charge in [-0.05, 0) is 62.9 Å². The SMILES string of the molecule is CNC(Cc1cc(Cl)ccc1OC)CC1(OC)CCC1. The Hall–Kier alpha value is -0.770. The van der Waals surface area contributed by atoms with E-state index in [2.05, 4.69) is 5.32 Å². The van der Waals surface area contributed by atoms with E-state index in [0.29, 0.717) is 6.04 Å². The molecule has 1 saturated carbocycles. The minimum atomic E-state index is 0.0689. The molecule has 0 amide bonds. The third-order valence-corrected chi connectivity index (χ3v) is 4.67. The summed E-state index contributed by atoms with van der Waals surface area (Å²) in [7, 11) is 5.53. The normalized spacial score (nSPS) is 18.4. The predicted octanol–water partition coefficient (Wildman–Crippen LogP) is 3.44. The van der Waals surface area contributed by atoms with Crippen LogP contribution in [-0.2, 0) is 11.2 Å². The molecule has 1 atom stereocenters. The minimum Gasteiger partial charge on any atom is -0.496 e. The van der Waals surface area contributed by atoms with E-state index >= 15 is 0 Å². The largest absolute Gasteiger partial charge is 0.496 e. The molecule has 0 spiro atoms. The van der Waals surface area contributed by atoms with Crippen LogP contribution < -0.4 is 10.1 Å². The van der Waals surface area contributed by atoms with Crippen molar-refractivity contribution in [3.63, 3.8) is 0 Å². The highest BCUT2D eigenvalue weighted by Crippen LogP contribution is 2.39. The number of ether oxygens (including phenoxy) is 2. The fraction of sp³-hybridized carbons (Fsp3) is 0.625. The van der Waals surface area contributed by atoms with Crippen LogP contribution in [0.15, 0.2) is 18.2 Å². The standard InChI is InChI=1S/C16H24ClNO2/c1-18-14(11-16(20-3)7-4-8-16)10-12-9-13(17)5-6-15(12)19-2/h5-6,9,14,18H,4,7-8,10-11H2,1-3H3. The number of nitrogens with one attached hydrogen (secondary N) is 1. The van der Waals surface area contributed by atoms with E-state index in [1.807, 2.05) is 32.4 Å². The lowest BCUT2D eigenvalue weighted by Gasteiger charge is -2.43. The van der Waals surface area contributed by atoms with Gasteiger partial charge in [0.2, 0.25) is 0 Å². The van der Waals surface area contributed by atoms with Crippen LogP contribution in [0.25, 0.3) is 0 Å². The average molecular weight is 298 g/mol. The van der Waals surface area contributed by atoms with Gasteiger partial charge in [0.15, 0.2) is 0 Å². The van der Waals surface area contributed by atoms with Gasteiger partial charge in [-0.1, -0.05) is 11.6 Å². The molecule has 1 fully saturated rings. The molecule has 0 saturated heterocycles. The molecule has 1 aromatic carbocycles. The van der Waals surface area contributed by atoms with Gasteiger partial charge in [-0.25, -0.2) is 0 Å². The molecule has 2 rings (SSSR count). The molecule has 4 heteroatoms. The summed E-state index contributed by atoms with van der Waals surface area (Å²) >= 11 is 6.10. The second-order valence-electron chi connectivity index (χ2n) is 5.59. The van der Waals surface area contributed by atoms with Crippen LogP contribution in [-0.4, -0.2) is 32.9 Å². The summed E-state index contributed by atoms with van der Waals surface area (Å²) in [6.45, 7) is 0. The molecule has 0 aliphatic heterocycles. The molecule has 20 heavy (non-hydrogen) atoms. The van der Waals surface area contributed by atoms with Gasteiger partial charge in [-0.15, -0.1) is 0 Å². The second kappa shape index (κ2) is 6.79.